The molecule has 2 heteroatoms. The van der Waals surface area contributed by atoms with Gasteiger partial charge in [0.25, 0.3) is 0 Å². The lowest BCUT2D eigenvalue weighted by Gasteiger charge is -2.12. The zero-order valence-electron chi connectivity index (χ0n) is 9.92. The predicted octanol–water partition coefficient (Wildman–Crippen LogP) is 2.97. The average molecular weight is 207 g/mol. The average Bonchev–Trinajstić information content (AvgIpc) is 2.27. The molecule has 1 atom stereocenters. The molecule has 0 aliphatic rings. The standard InChI is InChI=1S/C13H21NO/c1-4-6-11(2)14-10-12-7-5-8-13(9-12)15-3/h5,7-9,11,14H,4,6,10H2,1-3H3. The first-order chi connectivity index (χ1) is 7.26. The molecule has 1 unspecified atom stereocenters. The molecule has 0 amide bonds. The molecule has 1 rings (SSSR count). The third kappa shape index (κ3) is 4.34. The summed E-state index contributed by atoms with van der Waals surface area (Å²) >= 11 is 0. The second kappa shape index (κ2) is 6.46. The minimum Gasteiger partial charge on any atom is -0.497 e. The molecule has 0 aromatic heterocycles. The van der Waals surface area contributed by atoms with E-state index in [9.17, 15) is 0 Å². The molecule has 1 N–H and O–H groups in total. The fourth-order valence-corrected chi connectivity index (χ4v) is 1.61. The van der Waals surface area contributed by atoms with Crippen molar-refractivity contribution in [1.82, 2.24) is 5.32 Å². The first-order valence-corrected chi connectivity index (χ1v) is 5.62. The number of rotatable bonds is 6. The van der Waals surface area contributed by atoms with Crippen LogP contribution in [0.15, 0.2) is 24.3 Å². The minimum absolute atomic E-state index is 0.584. The highest BCUT2D eigenvalue weighted by Gasteiger charge is 2.00. The molecule has 0 aliphatic carbocycles. The van der Waals surface area contributed by atoms with Crippen molar-refractivity contribution in [2.24, 2.45) is 0 Å². The highest BCUT2D eigenvalue weighted by atomic mass is 16.5. The van der Waals surface area contributed by atoms with Gasteiger partial charge in [-0.1, -0.05) is 25.5 Å². The largest absolute Gasteiger partial charge is 0.497 e. The first kappa shape index (κ1) is 12.1. The highest BCUT2D eigenvalue weighted by Crippen LogP contribution is 2.12. The van der Waals surface area contributed by atoms with Gasteiger partial charge in [-0.15, -0.1) is 0 Å². The van der Waals surface area contributed by atoms with Gasteiger partial charge in [0.05, 0.1) is 7.11 Å². The van der Waals surface area contributed by atoms with Crippen LogP contribution in [0.25, 0.3) is 0 Å². The molecule has 0 saturated heterocycles. The second-order valence-electron chi connectivity index (χ2n) is 3.92. The predicted molar refractivity (Wildman–Crippen MR) is 64.2 cm³/mol. The number of benzene rings is 1. The Morgan fingerprint density at radius 2 is 2.20 bits per heavy atom. The van der Waals surface area contributed by atoms with Crippen molar-refractivity contribution >= 4 is 0 Å². The van der Waals surface area contributed by atoms with Gasteiger partial charge in [0, 0.05) is 12.6 Å². The molecule has 84 valence electrons. The van der Waals surface area contributed by atoms with E-state index in [0.29, 0.717) is 6.04 Å². The SMILES string of the molecule is CCCC(C)NCc1cccc(OC)c1. The third-order valence-corrected chi connectivity index (χ3v) is 2.51. The van der Waals surface area contributed by atoms with E-state index in [4.69, 9.17) is 4.74 Å². The molecule has 1 aromatic carbocycles. The van der Waals surface area contributed by atoms with Gasteiger partial charge >= 0.3 is 0 Å². The smallest absolute Gasteiger partial charge is 0.119 e. The van der Waals surface area contributed by atoms with Gasteiger partial charge in [0.15, 0.2) is 0 Å². The van der Waals surface area contributed by atoms with Crippen molar-refractivity contribution in [3.8, 4) is 5.75 Å². The molecule has 15 heavy (non-hydrogen) atoms. The summed E-state index contributed by atoms with van der Waals surface area (Å²) in [6, 6.07) is 8.78. The number of methoxy groups -OCH3 is 1. The van der Waals surface area contributed by atoms with Crippen LogP contribution in [0, 0.1) is 0 Å². The molecule has 0 bridgehead atoms. The third-order valence-electron chi connectivity index (χ3n) is 2.51. The zero-order valence-corrected chi connectivity index (χ0v) is 9.92. The summed E-state index contributed by atoms with van der Waals surface area (Å²) in [6.45, 7) is 5.35. The van der Waals surface area contributed by atoms with Crippen LogP contribution in [0.5, 0.6) is 5.75 Å². The van der Waals surface area contributed by atoms with Gasteiger partial charge in [-0.2, -0.15) is 0 Å². The summed E-state index contributed by atoms with van der Waals surface area (Å²) in [5, 5.41) is 3.50. The maximum atomic E-state index is 5.18. The van der Waals surface area contributed by atoms with E-state index >= 15 is 0 Å². The lowest BCUT2D eigenvalue weighted by molar-refractivity contribution is 0.413. The molecule has 0 radical (unpaired) electrons. The van der Waals surface area contributed by atoms with E-state index in [1.807, 2.05) is 12.1 Å². The van der Waals surface area contributed by atoms with Crippen LogP contribution in [0.2, 0.25) is 0 Å². The first-order valence-electron chi connectivity index (χ1n) is 5.62. The Bertz CT molecular complexity index is 286. The Hall–Kier alpha value is -1.02. The summed E-state index contributed by atoms with van der Waals surface area (Å²) in [4.78, 5) is 0. The summed E-state index contributed by atoms with van der Waals surface area (Å²) < 4.78 is 5.18. The van der Waals surface area contributed by atoms with E-state index in [0.717, 1.165) is 12.3 Å². The Morgan fingerprint density at radius 3 is 2.87 bits per heavy atom. The maximum absolute atomic E-state index is 5.18. The van der Waals surface area contributed by atoms with Crippen molar-refractivity contribution in [3.63, 3.8) is 0 Å². The highest BCUT2D eigenvalue weighted by molar-refractivity contribution is 5.28. The Balaban J connectivity index is 2.43. The van der Waals surface area contributed by atoms with Gasteiger partial charge in [0.1, 0.15) is 5.75 Å². The molecular weight excluding hydrogens is 186 g/mol. The number of hydrogen-bond donors (Lipinski definition) is 1. The summed E-state index contributed by atoms with van der Waals surface area (Å²) in [6.07, 6.45) is 2.45. The van der Waals surface area contributed by atoms with Crippen LogP contribution in [-0.2, 0) is 6.54 Å². The molecule has 1 aromatic rings. The van der Waals surface area contributed by atoms with Crippen molar-refractivity contribution < 1.29 is 4.74 Å². The molecular formula is C13H21NO. The van der Waals surface area contributed by atoms with Crippen molar-refractivity contribution in [1.29, 1.82) is 0 Å². The molecule has 2 nitrogen and oxygen atoms in total. The van der Waals surface area contributed by atoms with Crippen LogP contribution in [0.4, 0.5) is 0 Å². The van der Waals surface area contributed by atoms with Gasteiger partial charge in [-0.05, 0) is 31.0 Å². The van der Waals surface area contributed by atoms with Crippen LogP contribution in [-0.4, -0.2) is 13.2 Å². The zero-order chi connectivity index (χ0) is 11.1. The number of nitrogens with one attached hydrogen (secondary N) is 1. The quantitative estimate of drug-likeness (QED) is 0.774. The van der Waals surface area contributed by atoms with E-state index < -0.39 is 0 Å². The minimum atomic E-state index is 0.584. The lowest BCUT2D eigenvalue weighted by Crippen LogP contribution is -2.25. The van der Waals surface area contributed by atoms with Gasteiger partial charge in [-0.25, -0.2) is 0 Å². The summed E-state index contributed by atoms with van der Waals surface area (Å²) in [5.74, 6) is 0.928. The fourth-order valence-electron chi connectivity index (χ4n) is 1.61. The Labute approximate surface area is 92.6 Å². The normalized spacial score (nSPS) is 12.5. The van der Waals surface area contributed by atoms with Crippen molar-refractivity contribution in [2.45, 2.75) is 39.3 Å². The van der Waals surface area contributed by atoms with E-state index in [2.05, 4.69) is 31.3 Å². The van der Waals surface area contributed by atoms with Crippen LogP contribution in [0.3, 0.4) is 0 Å². The second-order valence-corrected chi connectivity index (χ2v) is 3.92. The van der Waals surface area contributed by atoms with Crippen molar-refractivity contribution in [3.05, 3.63) is 29.8 Å². The van der Waals surface area contributed by atoms with Crippen LogP contribution < -0.4 is 10.1 Å². The van der Waals surface area contributed by atoms with E-state index in [-0.39, 0.29) is 0 Å². The summed E-state index contributed by atoms with van der Waals surface area (Å²) in [5.41, 5.74) is 1.28. The van der Waals surface area contributed by atoms with E-state index in [1.54, 1.807) is 7.11 Å². The van der Waals surface area contributed by atoms with Crippen LogP contribution in [0.1, 0.15) is 32.3 Å². The molecule has 0 aliphatic heterocycles. The molecule has 0 heterocycles. The lowest BCUT2D eigenvalue weighted by atomic mass is 10.1. The van der Waals surface area contributed by atoms with Crippen LogP contribution >= 0.6 is 0 Å². The number of hydrogen-bond acceptors (Lipinski definition) is 2. The monoisotopic (exact) mass is 207 g/mol. The fraction of sp³-hybridized carbons (Fsp3) is 0.538. The van der Waals surface area contributed by atoms with Gasteiger partial charge in [-0.3, -0.25) is 0 Å². The van der Waals surface area contributed by atoms with Crippen molar-refractivity contribution in [2.75, 3.05) is 7.11 Å². The Kier molecular flexibility index (Phi) is 5.19. The topological polar surface area (TPSA) is 21.3 Å². The molecule has 0 saturated carbocycles. The van der Waals surface area contributed by atoms with Gasteiger partial charge < -0.3 is 10.1 Å². The maximum Gasteiger partial charge on any atom is 0.119 e. The summed E-state index contributed by atoms with van der Waals surface area (Å²) in [7, 11) is 1.70. The number of ether oxygens (including phenoxy) is 1. The molecule has 0 spiro atoms. The molecule has 0 fully saturated rings. The Morgan fingerprint density at radius 1 is 1.40 bits per heavy atom. The van der Waals surface area contributed by atoms with Gasteiger partial charge in [0.2, 0.25) is 0 Å². The van der Waals surface area contributed by atoms with E-state index in [1.165, 1.54) is 18.4 Å².